The van der Waals surface area contributed by atoms with Crippen molar-refractivity contribution in [3.63, 3.8) is 0 Å². The highest BCUT2D eigenvalue weighted by atomic mass is 79.9. The van der Waals surface area contributed by atoms with Crippen LogP contribution in [-0.2, 0) is 0 Å². The summed E-state index contributed by atoms with van der Waals surface area (Å²) in [6, 6.07) is 6.47. The zero-order valence-electron chi connectivity index (χ0n) is 10.9. The van der Waals surface area contributed by atoms with Crippen LogP contribution < -0.4 is 11.3 Å². The van der Waals surface area contributed by atoms with Crippen LogP contribution in [0.1, 0.15) is 57.1 Å². The Kier molecular flexibility index (Phi) is 8.15. The van der Waals surface area contributed by atoms with Gasteiger partial charge in [-0.3, -0.25) is 11.3 Å². The van der Waals surface area contributed by atoms with Gasteiger partial charge in [0.15, 0.2) is 0 Å². The fraction of sp³-hybridized carbons (Fsp3) is 0.571. The summed E-state index contributed by atoms with van der Waals surface area (Å²) >= 11 is 7.06. The van der Waals surface area contributed by atoms with Crippen LogP contribution in [0.15, 0.2) is 27.1 Å². The molecule has 0 saturated heterocycles. The second-order valence-electron chi connectivity index (χ2n) is 4.59. The lowest BCUT2D eigenvalue weighted by atomic mass is 10.0. The van der Waals surface area contributed by atoms with Crippen molar-refractivity contribution in [3.8, 4) is 0 Å². The van der Waals surface area contributed by atoms with Gasteiger partial charge in [-0.05, 0) is 24.1 Å². The first-order valence-corrected chi connectivity index (χ1v) is 8.18. The third-order valence-electron chi connectivity index (χ3n) is 3.14. The summed E-state index contributed by atoms with van der Waals surface area (Å²) in [5.41, 5.74) is 4.16. The van der Waals surface area contributed by atoms with Gasteiger partial charge in [0.2, 0.25) is 0 Å². The Hall–Kier alpha value is 0.1000. The molecule has 0 saturated carbocycles. The maximum atomic E-state index is 5.67. The van der Waals surface area contributed by atoms with Crippen LogP contribution in [0.5, 0.6) is 0 Å². The summed E-state index contributed by atoms with van der Waals surface area (Å²) in [6.07, 6.45) is 7.55. The van der Waals surface area contributed by atoms with E-state index in [4.69, 9.17) is 5.84 Å². The molecule has 102 valence electrons. The molecule has 1 unspecified atom stereocenters. The lowest BCUT2D eigenvalue weighted by molar-refractivity contribution is 0.477. The van der Waals surface area contributed by atoms with E-state index in [0.717, 1.165) is 15.4 Å². The van der Waals surface area contributed by atoms with Crippen molar-refractivity contribution in [3.05, 3.63) is 32.7 Å². The minimum absolute atomic E-state index is 0.231. The average molecular weight is 378 g/mol. The zero-order valence-corrected chi connectivity index (χ0v) is 14.1. The van der Waals surface area contributed by atoms with Gasteiger partial charge in [0.25, 0.3) is 0 Å². The number of rotatable bonds is 8. The van der Waals surface area contributed by atoms with E-state index in [0.29, 0.717) is 0 Å². The molecule has 0 aliphatic heterocycles. The number of hydrazine groups is 1. The molecule has 0 radical (unpaired) electrons. The van der Waals surface area contributed by atoms with Gasteiger partial charge in [0.1, 0.15) is 0 Å². The van der Waals surface area contributed by atoms with Crippen LogP contribution in [0.4, 0.5) is 0 Å². The Morgan fingerprint density at radius 3 is 2.50 bits per heavy atom. The predicted molar refractivity (Wildman–Crippen MR) is 85.3 cm³/mol. The Morgan fingerprint density at radius 1 is 1.17 bits per heavy atom. The summed E-state index contributed by atoms with van der Waals surface area (Å²) < 4.78 is 2.19. The molecule has 0 fully saturated rings. The number of hydrogen-bond donors (Lipinski definition) is 2. The van der Waals surface area contributed by atoms with Crippen LogP contribution in [0, 0.1) is 0 Å². The van der Waals surface area contributed by atoms with Gasteiger partial charge in [-0.2, -0.15) is 0 Å². The van der Waals surface area contributed by atoms with Gasteiger partial charge >= 0.3 is 0 Å². The molecule has 0 bridgehead atoms. The van der Waals surface area contributed by atoms with Crippen molar-refractivity contribution >= 4 is 31.9 Å². The fourth-order valence-electron chi connectivity index (χ4n) is 2.06. The zero-order chi connectivity index (χ0) is 13.4. The van der Waals surface area contributed by atoms with E-state index in [1.54, 1.807) is 0 Å². The monoisotopic (exact) mass is 376 g/mol. The van der Waals surface area contributed by atoms with Crippen molar-refractivity contribution in [2.45, 2.75) is 51.5 Å². The number of nitrogens with two attached hydrogens (primary N) is 1. The minimum Gasteiger partial charge on any atom is -0.271 e. The molecule has 2 nitrogen and oxygen atoms in total. The van der Waals surface area contributed by atoms with Gasteiger partial charge in [-0.15, -0.1) is 0 Å². The van der Waals surface area contributed by atoms with E-state index in [2.05, 4.69) is 62.4 Å². The molecular formula is C14H22Br2N2. The number of nitrogens with one attached hydrogen (secondary N) is 1. The van der Waals surface area contributed by atoms with Gasteiger partial charge in [0, 0.05) is 15.0 Å². The second kappa shape index (κ2) is 9.08. The van der Waals surface area contributed by atoms with Crippen molar-refractivity contribution < 1.29 is 0 Å². The van der Waals surface area contributed by atoms with Crippen LogP contribution in [0.25, 0.3) is 0 Å². The minimum atomic E-state index is 0.231. The lowest BCUT2D eigenvalue weighted by Crippen LogP contribution is -2.28. The number of benzene rings is 1. The van der Waals surface area contributed by atoms with Crippen LogP contribution in [0.3, 0.4) is 0 Å². The normalized spacial score (nSPS) is 12.7. The van der Waals surface area contributed by atoms with Gasteiger partial charge in [0.05, 0.1) is 0 Å². The highest BCUT2D eigenvalue weighted by Crippen LogP contribution is 2.29. The fourth-order valence-corrected chi connectivity index (χ4v) is 3.39. The maximum absolute atomic E-state index is 5.67. The Labute approximate surface area is 127 Å². The molecule has 0 aromatic heterocycles. The standard InChI is InChI=1S/C14H22Br2N2/c1-2-3-4-5-6-7-14(18-17)12-9-8-11(15)10-13(12)16/h8-10,14,18H,2-7,17H2,1H3. The molecule has 0 aliphatic carbocycles. The van der Waals surface area contributed by atoms with Crippen molar-refractivity contribution in [1.29, 1.82) is 0 Å². The van der Waals surface area contributed by atoms with E-state index >= 15 is 0 Å². The van der Waals surface area contributed by atoms with E-state index in [9.17, 15) is 0 Å². The molecule has 1 aromatic rings. The molecule has 0 heterocycles. The maximum Gasteiger partial charge on any atom is 0.0471 e. The summed E-state index contributed by atoms with van der Waals surface area (Å²) in [7, 11) is 0. The van der Waals surface area contributed by atoms with Crippen molar-refractivity contribution in [2.24, 2.45) is 5.84 Å². The van der Waals surface area contributed by atoms with E-state index in [1.807, 2.05) is 0 Å². The van der Waals surface area contributed by atoms with Crippen LogP contribution in [-0.4, -0.2) is 0 Å². The molecule has 0 spiro atoms. The average Bonchev–Trinajstić information content (AvgIpc) is 2.35. The van der Waals surface area contributed by atoms with Crippen molar-refractivity contribution in [2.75, 3.05) is 0 Å². The SMILES string of the molecule is CCCCCCCC(NN)c1ccc(Br)cc1Br. The number of hydrogen-bond acceptors (Lipinski definition) is 2. The second-order valence-corrected chi connectivity index (χ2v) is 6.36. The molecular weight excluding hydrogens is 356 g/mol. The van der Waals surface area contributed by atoms with E-state index in [1.165, 1.54) is 37.7 Å². The van der Waals surface area contributed by atoms with E-state index < -0.39 is 0 Å². The van der Waals surface area contributed by atoms with Gasteiger partial charge in [-0.1, -0.05) is 77.0 Å². The van der Waals surface area contributed by atoms with Crippen LogP contribution >= 0.6 is 31.9 Å². The molecule has 0 amide bonds. The predicted octanol–water partition coefficient (Wildman–Crippen LogP) is 5.08. The van der Waals surface area contributed by atoms with E-state index in [-0.39, 0.29) is 6.04 Å². The molecule has 1 rings (SSSR count). The highest BCUT2D eigenvalue weighted by molar-refractivity contribution is 9.11. The van der Waals surface area contributed by atoms with Crippen molar-refractivity contribution in [1.82, 2.24) is 5.43 Å². The number of unbranched alkanes of at least 4 members (excludes halogenated alkanes) is 4. The molecule has 3 N–H and O–H groups in total. The highest BCUT2D eigenvalue weighted by Gasteiger charge is 2.12. The smallest absolute Gasteiger partial charge is 0.0471 e. The molecule has 0 aliphatic rings. The summed E-state index contributed by atoms with van der Waals surface area (Å²) in [4.78, 5) is 0. The quantitative estimate of drug-likeness (QED) is 0.376. The van der Waals surface area contributed by atoms with Crippen LogP contribution in [0.2, 0.25) is 0 Å². The molecule has 1 aromatic carbocycles. The van der Waals surface area contributed by atoms with Gasteiger partial charge in [-0.25, -0.2) is 0 Å². The third-order valence-corrected chi connectivity index (χ3v) is 4.32. The largest absolute Gasteiger partial charge is 0.271 e. The summed E-state index contributed by atoms with van der Waals surface area (Å²) in [5.74, 6) is 5.67. The first-order valence-electron chi connectivity index (χ1n) is 6.60. The molecule has 4 heteroatoms. The van der Waals surface area contributed by atoms with Gasteiger partial charge < -0.3 is 0 Å². The summed E-state index contributed by atoms with van der Waals surface area (Å²) in [6.45, 7) is 2.24. The Morgan fingerprint density at radius 2 is 1.89 bits per heavy atom. The summed E-state index contributed by atoms with van der Waals surface area (Å²) in [5, 5.41) is 0. The topological polar surface area (TPSA) is 38.0 Å². The Balaban J connectivity index is 2.49. The molecule has 18 heavy (non-hydrogen) atoms. The lowest BCUT2D eigenvalue weighted by Gasteiger charge is -2.18. The first kappa shape index (κ1) is 16.2. The molecule has 1 atom stereocenters. The number of halogens is 2. The Bertz CT molecular complexity index is 356. The first-order chi connectivity index (χ1) is 8.69. The third kappa shape index (κ3) is 5.39.